The summed E-state index contributed by atoms with van der Waals surface area (Å²) in [5.41, 5.74) is 6.10. The predicted molar refractivity (Wildman–Crippen MR) is 78.0 cm³/mol. The van der Waals surface area contributed by atoms with Gasteiger partial charge in [0.25, 0.3) is 0 Å². The van der Waals surface area contributed by atoms with Crippen molar-refractivity contribution in [2.24, 2.45) is 0 Å². The summed E-state index contributed by atoms with van der Waals surface area (Å²) in [4.78, 5) is 3.44. The first-order valence-electron chi connectivity index (χ1n) is 6.15. The maximum atomic E-state index is 3.44. The minimum absolute atomic E-state index is 1.14. The zero-order valence-electron chi connectivity index (χ0n) is 10.6. The van der Waals surface area contributed by atoms with Crippen molar-refractivity contribution in [2.45, 2.75) is 6.92 Å². The molecule has 0 amide bonds. The lowest BCUT2D eigenvalue weighted by atomic mass is 10.0. The van der Waals surface area contributed by atoms with Crippen LogP contribution in [0.25, 0.3) is 22.0 Å². The Morgan fingerprint density at radius 1 is 0.944 bits per heavy atom. The monoisotopic (exact) mass is 236 g/mol. The number of fused-ring (bicyclic) bond motifs is 1. The van der Waals surface area contributed by atoms with Crippen LogP contribution in [-0.4, -0.2) is 12.0 Å². The van der Waals surface area contributed by atoms with Crippen molar-refractivity contribution in [2.75, 3.05) is 12.4 Å². The zero-order chi connectivity index (χ0) is 12.5. The number of rotatable bonds is 2. The standard InChI is InChI=1S/C16H16N2/c1-11-16(12-7-9-13(17-2)10-8-12)14-5-3-4-6-15(14)18-11/h3-10,17-18H,1-2H3. The molecule has 2 N–H and O–H groups in total. The molecule has 2 heteroatoms. The first-order valence-corrected chi connectivity index (χ1v) is 6.15. The lowest BCUT2D eigenvalue weighted by Crippen LogP contribution is -1.87. The number of benzene rings is 2. The molecular formula is C16H16N2. The summed E-state index contributed by atoms with van der Waals surface area (Å²) in [6.07, 6.45) is 0. The normalized spacial score (nSPS) is 10.8. The molecule has 0 bridgehead atoms. The average Bonchev–Trinajstić information content (AvgIpc) is 2.75. The van der Waals surface area contributed by atoms with Crippen LogP contribution in [0.15, 0.2) is 48.5 Å². The molecule has 0 spiro atoms. The summed E-state index contributed by atoms with van der Waals surface area (Å²) in [5, 5.41) is 4.43. The highest BCUT2D eigenvalue weighted by Crippen LogP contribution is 2.32. The number of anilines is 1. The van der Waals surface area contributed by atoms with Crippen LogP contribution in [0, 0.1) is 6.92 Å². The van der Waals surface area contributed by atoms with E-state index in [1.54, 1.807) is 0 Å². The van der Waals surface area contributed by atoms with Crippen molar-refractivity contribution in [3.63, 3.8) is 0 Å². The van der Waals surface area contributed by atoms with E-state index in [9.17, 15) is 0 Å². The molecule has 0 atom stereocenters. The number of nitrogens with one attached hydrogen (secondary N) is 2. The van der Waals surface area contributed by atoms with Gasteiger partial charge < -0.3 is 10.3 Å². The number of hydrogen-bond donors (Lipinski definition) is 2. The van der Waals surface area contributed by atoms with Crippen molar-refractivity contribution in [3.05, 3.63) is 54.2 Å². The highest BCUT2D eigenvalue weighted by Gasteiger charge is 2.09. The van der Waals surface area contributed by atoms with Crippen LogP contribution in [0.5, 0.6) is 0 Å². The van der Waals surface area contributed by atoms with Gasteiger partial charge in [-0.25, -0.2) is 0 Å². The molecule has 0 aliphatic heterocycles. The third kappa shape index (κ3) is 1.66. The minimum Gasteiger partial charge on any atom is -0.388 e. The van der Waals surface area contributed by atoms with Crippen LogP contribution in [0.3, 0.4) is 0 Å². The Labute approximate surface area is 107 Å². The molecule has 0 saturated carbocycles. The van der Waals surface area contributed by atoms with Crippen molar-refractivity contribution in [3.8, 4) is 11.1 Å². The number of H-pyrrole nitrogens is 1. The van der Waals surface area contributed by atoms with Gasteiger partial charge in [0.2, 0.25) is 0 Å². The van der Waals surface area contributed by atoms with E-state index in [0.717, 1.165) is 5.69 Å². The third-order valence-electron chi connectivity index (χ3n) is 3.36. The molecule has 3 aromatic rings. The van der Waals surface area contributed by atoms with Gasteiger partial charge in [0.1, 0.15) is 0 Å². The first-order chi connectivity index (χ1) is 8.79. The molecule has 0 fully saturated rings. The van der Waals surface area contributed by atoms with Crippen molar-refractivity contribution >= 4 is 16.6 Å². The Kier molecular flexibility index (Phi) is 2.56. The van der Waals surface area contributed by atoms with Gasteiger partial charge >= 0.3 is 0 Å². The number of aromatic amines is 1. The van der Waals surface area contributed by atoms with E-state index in [-0.39, 0.29) is 0 Å². The Balaban J connectivity index is 2.20. The molecule has 2 nitrogen and oxygen atoms in total. The second-order valence-corrected chi connectivity index (χ2v) is 4.50. The maximum Gasteiger partial charge on any atom is 0.0462 e. The number of hydrogen-bond acceptors (Lipinski definition) is 1. The van der Waals surface area contributed by atoms with Gasteiger partial charge in [-0.05, 0) is 30.7 Å². The van der Waals surface area contributed by atoms with Crippen molar-refractivity contribution < 1.29 is 0 Å². The second kappa shape index (κ2) is 4.22. The molecule has 0 unspecified atom stereocenters. The van der Waals surface area contributed by atoms with Crippen LogP contribution >= 0.6 is 0 Å². The molecule has 1 aromatic heterocycles. The second-order valence-electron chi connectivity index (χ2n) is 4.50. The summed E-state index contributed by atoms with van der Waals surface area (Å²) in [6, 6.07) is 17.0. The Morgan fingerprint density at radius 3 is 2.39 bits per heavy atom. The van der Waals surface area contributed by atoms with E-state index in [1.807, 2.05) is 7.05 Å². The molecule has 0 aliphatic rings. The van der Waals surface area contributed by atoms with E-state index in [0.29, 0.717) is 0 Å². The quantitative estimate of drug-likeness (QED) is 0.686. The summed E-state index contributed by atoms with van der Waals surface area (Å²) in [6.45, 7) is 2.13. The van der Waals surface area contributed by atoms with Crippen LogP contribution in [0.2, 0.25) is 0 Å². The summed E-state index contributed by atoms with van der Waals surface area (Å²) in [7, 11) is 1.94. The van der Waals surface area contributed by atoms with Gasteiger partial charge in [-0.15, -0.1) is 0 Å². The highest BCUT2D eigenvalue weighted by atomic mass is 14.8. The molecule has 3 rings (SSSR count). The van der Waals surface area contributed by atoms with E-state index in [2.05, 4.69) is 65.8 Å². The van der Waals surface area contributed by atoms with Gasteiger partial charge in [0, 0.05) is 34.9 Å². The van der Waals surface area contributed by atoms with Gasteiger partial charge in [-0.2, -0.15) is 0 Å². The summed E-state index contributed by atoms with van der Waals surface area (Å²) < 4.78 is 0. The molecule has 2 aromatic carbocycles. The van der Waals surface area contributed by atoms with Gasteiger partial charge in [-0.3, -0.25) is 0 Å². The van der Waals surface area contributed by atoms with Gasteiger partial charge in [0.05, 0.1) is 0 Å². The Hall–Kier alpha value is -2.22. The fourth-order valence-corrected chi connectivity index (χ4v) is 2.45. The summed E-state index contributed by atoms with van der Waals surface area (Å²) >= 11 is 0. The van der Waals surface area contributed by atoms with Crippen LogP contribution in [0.1, 0.15) is 5.69 Å². The predicted octanol–water partition coefficient (Wildman–Crippen LogP) is 4.19. The van der Waals surface area contributed by atoms with Crippen molar-refractivity contribution in [1.29, 1.82) is 0 Å². The largest absolute Gasteiger partial charge is 0.388 e. The van der Waals surface area contributed by atoms with Gasteiger partial charge in [-0.1, -0.05) is 30.3 Å². The van der Waals surface area contributed by atoms with Gasteiger partial charge in [0.15, 0.2) is 0 Å². The van der Waals surface area contributed by atoms with E-state index < -0.39 is 0 Å². The van der Waals surface area contributed by atoms with Crippen LogP contribution in [0.4, 0.5) is 5.69 Å². The maximum absolute atomic E-state index is 3.44. The summed E-state index contributed by atoms with van der Waals surface area (Å²) in [5.74, 6) is 0. The number of aryl methyl sites for hydroxylation is 1. The Morgan fingerprint density at radius 2 is 1.67 bits per heavy atom. The number of aromatic nitrogens is 1. The fraction of sp³-hybridized carbons (Fsp3) is 0.125. The lowest BCUT2D eigenvalue weighted by molar-refractivity contribution is 1.30. The van der Waals surface area contributed by atoms with E-state index >= 15 is 0 Å². The smallest absolute Gasteiger partial charge is 0.0462 e. The van der Waals surface area contributed by atoms with E-state index in [4.69, 9.17) is 0 Å². The molecule has 0 saturated heterocycles. The fourth-order valence-electron chi connectivity index (χ4n) is 2.45. The molecule has 0 aliphatic carbocycles. The zero-order valence-corrected chi connectivity index (χ0v) is 10.6. The topological polar surface area (TPSA) is 27.8 Å². The van der Waals surface area contributed by atoms with E-state index in [1.165, 1.54) is 27.7 Å². The Bertz CT molecular complexity index is 678. The van der Waals surface area contributed by atoms with Crippen LogP contribution in [-0.2, 0) is 0 Å². The molecule has 1 heterocycles. The minimum atomic E-state index is 1.14. The third-order valence-corrected chi connectivity index (χ3v) is 3.36. The van der Waals surface area contributed by atoms with Crippen LogP contribution < -0.4 is 5.32 Å². The SMILES string of the molecule is CNc1ccc(-c2c(C)[nH]c3ccccc23)cc1. The number of para-hydroxylation sites is 1. The molecular weight excluding hydrogens is 220 g/mol. The van der Waals surface area contributed by atoms with Crippen molar-refractivity contribution in [1.82, 2.24) is 4.98 Å². The molecule has 0 radical (unpaired) electrons. The lowest BCUT2D eigenvalue weighted by Gasteiger charge is -2.04. The molecule has 18 heavy (non-hydrogen) atoms. The first kappa shape index (κ1) is 10.9. The molecule has 90 valence electrons. The average molecular weight is 236 g/mol. The highest BCUT2D eigenvalue weighted by molar-refractivity contribution is 5.97.